The molecule has 0 fully saturated rings. The first-order valence-corrected chi connectivity index (χ1v) is 13.8. The maximum atomic E-state index is 13.2. The Hall–Kier alpha value is -4.04. The van der Waals surface area contributed by atoms with Gasteiger partial charge in [0.15, 0.2) is 0 Å². The molecule has 7 nitrogen and oxygen atoms in total. The summed E-state index contributed by atoms with van der Waals surface area (Å²) in [5, 5.41) is 1.62. The van der Waals surface area contributed by atoms with E-state index in [0.29, 0.717) is 18.0 Å². The van der Waals surface area contributed by atoms with E-state index >= 15 is 0 Å². The Kier molecular flexibility index (Phi) is 8.22. The van der Waals surface area contributed by atoms with Crippen molar-refractivity contribution in [2.75, 3.05) is 23.8 Å². The number of fused-ring (bicyclic) bond motifs is 1. The number of ether oxygens (including phenoxy) is 2. The van der Waals surface area contributed by atoms with E-state index in [0.717, 1.165) is 27.6 Å². The van der Waals surface area contributed by atoms with Gasteiger partial charge in [0.2, 0.25) is 0 Å². The van der Waals surface area contributed by atoms with Crippen molar-refractivity contribution in [1.29, 1.82) is 0 Å². The van der Waals surface area contributed by atoms with Crippen LogP contribution in [0.5, 0.6) is 5.75 Å². The van der Waals surface area contributed by atoms with Crippen molar-refractivity contribution in [2.24, 2.45) is 0 Å². The predicted molar refractivity (Wildman–Crippen MR) is 151 cm³/mol. The first-order chi connectivity index (χ1) is 18.2. The SMILES string of the molecule is COC(=O)C[C@H](C)N(Cc1cccc(C)c1)c1ccc(NS(=O)(=O)c2ccc(OC)cc2)c2ccccc12. The van der Waals surface area contributed by atoms with E-state index in [9.17, 15) is 13.2 Å². The van der Waals surface area contributed by atoms with Crippen LogP contribution in [0.15, 0.2) is 89.8 Å². The highest BCUT2D eigenvalue weighted by molar-refractivity contribution is 7.92. The first kappa shape index (κ1) is 27.0. The lowest BCUT2D eigenvalue weighted by Gasteiger charge is -2.32. The van der Waals surface area contributed by atoms with E-state index in [1.807, 2.05) is 56.3 Å². The number of rotatable bonds is 10. The van der Waals surface area contributed by atoms with Crippen LogP contribution < -0.4 is 14.4 Å². The van der Waals surface area contributed by atoms with Crippen LogP contribution in [0.1, 0.15) is 24.5 Å². The normalized spacial score (nSPS) is 12.1. The molecule has 0 radical (unpaired) electrons. The first-order valence-electron chi connectivity index (χ1n) is 12.3. The smallest absolute Gasteiger partial charge is 0.307 e. The molecule has 0 aliphatic carbocycles. The molecule has 8 heteroatoms. The Labute approximate surface area is 224 Å². The number of aryl methyl sites for hydroxylation is 1. The van der Waals surface area contributed by atoms with Crippen LogP contribution >= 0.6 is 0 Å². The van der Waals surface area contributed by atoms with Gasteiger partial charge in [0.1, 0.15) is 5.75 Å². The second-order valence-corrected chi connectivity index (χ2v) is 10.9. The molecule has 0 saturated carbocycles. The summed E-state index contributed by atoms with van der Waals surface area (Å²) in [6.07, 6.45) is 0.211. The number of nitrogens with zero attached hydrogens (tertiary/aromatic N) is 1. The number of esters is 1. The number of carbonyl (C=O) groups is 1. The Morgan fingerprint density at radius 1 is 0.921 bits per heavy atom. The number of methoxy groups -OCH3 is 2. The van der Waals surface area contributed by atoms with Gasteiger partial charge in [-0.05, 0) is 55.8 Å². The number of carbonyl (C=O) groups excluding carboxylic acids is 1. The van der Waals surface area contributed by atoms with Crippen LogP contribution in [0.3, 0.4) is 0 Å². The third-order valence-corrected chi connectivity index (χ3v) is 7.86. The van der Waals surface area contributed by atoms with E-state index in [4.69, 9.17) is 9.47 Å². The van der Waals surface area contributed by atoms with Crippen molar-refractivity contribution in [3.8, 4) is 5.75 Å². The molecule has 0 heterocycles. The number of nitrogens with one attached hydrogen (secondary N) is 1. The van der Waals surface area contributed by atoms with E-state index in [1.54, 1.807) is 18.2 Å². The number of hydrogen-bond acceptors (Lipinski definition) is 6. The summed E-state index contributed by atoms with van der Waals surface area (Å²) in [6.45, 7) is 4.60. The molecule has 4 rings (SSSR count). The monoisotopic (exact) mass is 532 g/mol. The summed E-state index contributed by atoms with van der Waals surface area (Å²) in [6, 6.07) is 25.6. The summed E-state index contributed by atoms with van der Waals surface area (Å²) in [4.78, 5) is 14.5. The highest BCUT2D eigenvalue weighted by atomic mass is 32.2. The Balaban J connectivity index is 1.76. The Morgan fingerprint density at radius 3 is 2.29 bits per heavy atom. The van der Waals surface area contributed by atoms with Crippen LogP contribution in [0.4, 0.5) is 11.4 Å². The van der Waals surface area contributed by atoms with Gasteiger partial charge in [-0.2, -0.15) is 0 Å². The van der Waals surface area contributed by atoms with Crippen LogP contribution in [-0.4, -0.2) is 34.6 Å². The lowest BCUT2D eigenvalue weighted by Crippen LogP contribution is -2.34. The molecule has 0 aliphatic heterocycles. The van der Waals surface area contributed by atoms with E-state index in [-0.39, 0.29) is 23.3 Å². The van der Waals surface area contributed by atoms with Gasteiger partial charge in [-0.25, -0.2) is 8.42 Å². The average Bonchev–Trinajstić information content (AvgIpc) is 2.92. The van der Waals surface area contributed by atoms with Crippen LogP contribution in [0.25, 0.3) is 10.8 Å². The summed E-state index contributed by atoms with van der Waals surface area (Å²) >= 11 is 0. The molecule has 0 bridgehead atoms. The van der Waals surface area contributed by atoms with Gasteiger partial charge in [0.05, 0.1) is 31.2 Å². The summed E-state index contributed by atoms with van der Waals surface area (Å²) in [7, 11) is -0.913. The Bertz CT molecular complexity index is 1530. The third kappa shape index (κ3) is 6.08. The molecule has 198 valence electrons. The fourth-order valence-corrected chi connectivity index (χ4v) is 5.58. The van der Waals surface area contributed by atoms with Crippen LogP contribution in [0.2, 0.25) is 0 Å². The maximum Gasteiger partial charge on any atom is 0.307 e. The molecule has 0 aromatic heterocycles. The number of hydrogen-bond donors (Lipinski definition) is 1. The molecule has 0 aliphatic rings. The second-order valence-electron chi connectivity index (χ2n) is 9.21. The van der Waals surface area contributed by atoms with Gasteiger partial charge in [-0.1, -0.05) is 54.1 Å². The van der Waals surface area contributed by atoms with Crippen molar-refractivity contribution in [1.82, 2.24) is 0 Å². The van der Waals surface area contributed by atoms with Crippen molar-refractivity contribution in [2.45, 2.75) is 37.8 Å². The quantitative estimate of drug-likeness (QED) is 0.255. The predicted octanol–water partition coefficient (Wildman–Crippen LogP) is 5.92. The zero-order valence-corrected chi connectivity index (χ0v) is 22.8. The molecule has 1 N–H and O–H groups in total. The lowest BCUT2D eigenvalue weighted by molar-refractivity contribution is -0.140. The zero-order chi connectivity index (χ0) is 27.3. The van der Waals surface area contributed by atoms with Crippen molar-refractivity contribution in [3.05, 3.63) is 96.1 Å². The zero-order valence-electron chi connectivity index (χ0n) is 22.0. The fourth-order valence-electron chi connectivity index (χ4n) is 4.50. The van der Waals surface area contributed by atoms with Crippen molar-refractivity contribution < 1.29 is 22.7 Å². The highest BCUT2D eigenvalue weighted by Crippen LogP contribution is 2.36. The van der Waals surface area contributed by atoms with E-state index in [2.05, 4.69) is 21.8 Å². The van der Waals surface area contributed by atoms with Crippen molar-refractivity contribution in [3.63, 3.8) is 0 Å². The summed E-state index contributed by atoms with van der Waals surface area (Å²) < 4.78 is 39.2. The third-order valence-electron chi connectivity index (χ3n) is 6.48. The number of benzene rings is 4. The molecule has 1 atom stereocenters. The highest BCUT2D eigenvalue weighted by Gasteiger charge is 2.23. The minimum absolute atomic E-state index is 0.138. The number of sulfonamides is 1. The summed E-state index contributed by atoms with van der Waals surface area (Å²) in [5.41, 5.74) is 3.62. The molecule has 4 aromatic rings. The van der Waals surface area contributed by atoms with E-state index < -0.39 is 10.0 Å². The topological polar surface area (TPSA) is 84.9 Å². The van der Waals surface area contributed by atoms with Gasteiger partial charge >= 0.3 is 5.97 Å². The molecule has 0 unspecified atom stereocenters. The minimum Gasteiger partial charge on any atom is -0.497 e. The second kappa shape index (κ2) is 11.6. The van der Waals surface area contributed by atoms with Gasteiger partial charge in [-0.3, -0.25) is 9.52 Å². The maximum absolute atomic E-state index is 13.2. The van der Waals surface area contributed by atoms with Gasteiger partial charge in [0.25, 0.3) is 10.0 Å². The molecule has 38 heavy (non-hydrogen) atoms. The molecule has 4 aromatic carbocycles. The van der Waals surface area contributed by atoms with Gasteiger partial charge < -0.3 is 14.4 Å². The van der Waals surface area contributed by atoms with Gasteiger partial charge in [-0.15, -0.1) is 0 Å². The minimum atomic E-state index is -3.83. The van der Waals surface area contributed by atoms with E-state index in [1.165, 1.54) is 26.4 Å². The molecule has 0 spiro atoms. The molecular formula is C30H32N2O5S. The molecular weight excluding hydrogens is 500 g/mol. The standard InChI is InChI=1S/C30H32N2O5S/c1-21-8-7-9-23(18-21)20-32(22(2)19-30(33)37-4)29-17-16-28(26-10-5-6-11-27(26)29)31-38(34,35)25-14-12-24(36-3)13-15-25/h5-18,22,31H,19-20H2,1-4H3/t22-/m0/s1. The average molecular weight is 533 g/mol. The molecule has 0 amide bonds. The summed E-state index contributed by atoms with van der Waals surface area (Å²) in [5.74, 6) is 0.286. The lowest BCUT2D eigenvalue weighted by atomic mass is 10.0. The Morgan fingerprint density at radius 2 is 1.63 bits per heavy atom. The molecule has 0 saturated heterocycles. The van der Waals surface area contributed by atoms with Gasteiger partial charge in [0, 0.05) is 29.0 Å². The fraction of sp³-hybridized carbons (Fsp3) is 0.233. The van der Waals surface area contributed by atoms with Crippen LogP contribution in [0, 0.1) is 6.92 Å². The largest absolute Gasteiger partial charge is 0.497 e. The van der Waals surface area contributed by atoms with Crippen LogP contribution in [-0.2, 0) is 26.1 Å². The number of anilines is 2. The van der Waals surface area contributed by atoms with Crippen molar-refractivity contribution >= 4 is 38.1 Å².